The first-order chi connectivity index (χ1) is 5.05. The van der Waals surface area contributed by atoms with E-state index in [1.54, 1.807) is 13.8 Å². The lowest BCUT2D eigenvalue weighted by Crippen LogP contribution is -2.24. The van der Waals surface area contributed by atoms with Crippen LogP contribution in [0.15, 0.2) is 5.16 Å². The summed E-state index contributed by atoms with van der Waals surface area (Å²) in [5, 5.41) is 11.1. The maximum Gasteiger partial charge on any atom is 0.176 e. The molecule has 0 bridgehead atoms. The van der Waals surface area contributed by atoms with Crippen LogP contribution in [0.5, 0.6) is 0 Å². The molecule has 0 spiro atoms. The summed E-state index contributed by atoms with van der Waals surface area (Å²) in [6.07, 6.45) is -0.434. The van der Waals surface area contributed by atoms with Crippen molar-refractivity contribution in [1.29, 1.82) is 0 Å². The van der Waals surface area contributed by atoms with Gasteiger partial charge in [0.15, 0.2) is 11.0 Å². The first-order valence-corrected chi connectivity index (χ1v) is 3.62. The van der Waals surface area contributed by atoms with E-state index in [0.29, 0.717) is 6.61 Å². The van der Waals surface area contributed by atoms with Crippen LogP contribution in [0.4, 0.5) is 0 Å². The second kappa shape index (κ2) is 2.97. The highest BCUT2D eigenvalue weighted by atomic mass is 35.5. The predicted molar refractivity (Wildman–Crippen MR) is 40.0 cm³/mol. The number of rotatable bonds is 1. The van der Waals surface area contributed by atoms with Gasteiger partial charge in [0, 0.05) is 0 Å². The van der Waals surface area contributed by atoms with Gasteiger partial charge in [0.25, 0.3) is 0 Å². The van der Waals surface area contributed by atoms with Crippen LogP contribution in [-0.4, -0.2) is 28.9 Å². The Morgan fingerprint density at radius 2 is 2.36 bits per heavy atom. The zero-order valence-corrected chi connectivity index (χ0v) is 7.13. The Balaban J connectivity index is 2.55. The lowest BCUT2D eigenvalue weighted by molar-refractivity contribution is -0.131. The molecule has 1 rings (SSSR count). The van der Waals surface area contributed by atoms with Gasteiger partial charge >= 0.3 is 0 Å². The highest BCUT2D eigenvalue weighted by molar-refractivity contribution is 6.66. The largest absolute Gasteiger partial charge is 0.410 e. The van der Waals surface area contributed by atoms with Gasteiger partial charge < -0.3 is 14.7 Å². The molecule has 1 aliphatic heterocycles. The van der Waals surface area contributed by atoms with Crippen LogP contribution < -0.4 is 0 Å². The number of hydrogen-bond donors (Lipinski definition) is 1. The Kier molecular flexibility index (Phi) is 2.37. The average Bonchev–Trinajstić information content (AvgIpc) is 2.29. The summed E-state index contributed by atoms with van der Waals surface area (Å²) in [6, 6.07) is 0. The van der Waals surface area contributed by atoms with Crippen LogP contribution in [0, 0.1) is 0 Å². The molecular weight excluding hydrogens is 170 g/mol. The van der Waals surface area contributed by atoms with Gasteiger partial charge in [-0.25, -0.2) is 0 Å². The second-order valence-electron chi connectivity index (χ2n) is 2.74. The number of oxime groups is 1. The number of hydrogen-bond acceptors (Lipinski definition) is 4. The molecule has 1 atom stereocenters. The van der Waals surface area contributed by atoms with Crippen LogP contribution in [0.3, 0.4) is 0 Å². The van der Waals surface area contributed by atoms with E-state index in [1.165, 1.54) is 0 Å². The molecule has 0 aromatic heterocycles. The topological polar surface area (TPSA) is 51.0 Å². The standard InChI is InChI=1S/C6H10ClNO3/c1-6(2)10-3-4(11-6)5(7)8-9/h4,9H,3H2,1-2H3/b8-5-. The summed E-state index contributed by atoms with van der Waals surface area (Å²) >= 11 is 5.49. The smallest absolute Gasteiger partial charge is 0.176 e. The van der Waals surface area contributed by atoms with Gasteiger partial charge in [0.05, 0.1) is 6.61 Å². The minimum absolute atomic E-state index is 0.0237. The van der Waals surface area contributed by atoms with Crippen molar-refractivity contribution in [2.75, 3.05) is 6.61 Å². The van der Waals surface area contributed by atoms with Crippen molar-refractivity contribution in [3.05, 3.63) is 0 Å². The van der Waals surface area contributed by atoms with E-state index < -0.39 is 11.9 Å². The molecule has 0 aliphatic carbocycles. The molecule has 1 aliphatic rings. The zero-order valence-electron chi connectivity index (χ0n) is 6.37. The van der Waals surface area contributed by atoms with E-state index in [2.05, 4.69) is 5.16 Å². The number of nitrogens with zero attached hydrogens (tertiary/aromatic N) is 1. The maximum absolute atomic E-state index is 8.29. The summed E-state index contributed by atoms with van der Waals surface area (Å²) in [7, 11) is 0. The highest BCUT2D eigenvalue weighted by Gasteiger charge is 2.35. The van der Waals surface area contributed by atoms with E-state index in [0.717, 1.165) is 0 Å². The van der Waals surface area contributed by atoms with E-state index in [4.69, 9.17) is 26.3 Å². The fourth-order valence-electron chi connectivity index (χ4n) is 0.869. The third-order valence-corrected chi connectivity index (χ3v) is 1.69. The van der Waals surface area contributed by atoms with Crippen LogP contribution in [-0.2, 0) is 9.47 Å². The summed E-state index contributed by atoms with van der Waals surface area (Å²) in [5.41, 5.74) is 0. The molecule has 1 N–H and O–H groups in total. The van der Waals surface area contributed by atoms with Crippen molar-refractivity contribution in [3.63, 3.8) is 0 Å². The van der Waals surface area contributed by atoms with Crippen molar-refractivity contribution < 1.29 is 14.7 Å². The monoisotopic (exact) mass is 179 g/mol. The van der Waals surface area contributed by atoms with Crippen molar-refractivity contribution in [1.82, 2.24) is 0 Å². The molecule has 0 radical (unpaired) electrons. The Morgan fingerprint density at radius 1 is 1.73 bits per heavy atom. The van der Waals surface area contributed by atoms with E-state index in [1.807, 2.05) is 0 Å². The lowest BCUT2D eigenvalue weighted by Gasteiger charge is -2.15. The van der Waals surface area contributed by atoms with Gasteiger partial charge in [-0.05, 0) is 13.8 Å². The Morgan fingerprint density at radius 3 is 2.73 bits per heavy atom. The number of ether oxygens (including phenoxy) is 2. The predicted octanol–water partition coefficient (Wildman–Crippen LogP) is 1.16. The molecule has 1 heterocycles. The van der Waals surface area contributed by atoms with Crippen LogP contribution in [0.1, 0.15) is 13.8 Å². The molecule has 64 valence electrons. The quantitative estimate of drug-likeness (QED) is 0.374. The zero-order chi connectivity index (χ0) is 8.48. The minimum Gasteiger partial charge on any atom is -0.410 e. The number of halogens is 1. The Bertz CT molecular complexity index is 181. The molecule has 1 fully saturated rings. The molecule has 0 saturated carbocycles. The van der Waals surface area contributed by atoms with Crippen LogP contribution >= 0.6 is 11.6 Å². The molecule has 0 amide bonds. The molecular formula is C6H10ClNO3. The van der Waals surface area contributed by atoms with Crippen molar-refractivity contribution in [2.45, 2.75) is 25.7 Å². The van der Waals surface area contributed by atoms with Gasteiger partial charge in [0.1, 0.15) is 6.10 Å². The van der Waals surface area contributed by atoms with Gasteiger partial charge in [0.2, 0.25) is 0 Å². The Labute approximate surface area is 69.7 Å². The van der Waals surface area contributed by atoms with E-state index in [-0.39, 0.29) is 5.17 Å². The summed E-state index contributed by atoms with van der Waals surface area (Å²) in [5.74, 6) is -0.629. The summed E-state index contributed by atoms with van der Waals surface area (Å²) in [4.78, 5) is 0. The molecule has 4 nitrogen and oxygen atoms in total. The molecule has 11 heavy (non-hydrogen) atoms. The summed E-state index contributed by atoms with van der Waals surface area (Å²) in [6.45, 7) is 3.87. The van der Waals surface area contributed by atoms with Crippen molar-refractivity contribution in [3.8, 4) is 0 Å². The minimum atomic E-state index is -0.629. The normalized spacial score (nSPS) is 30.8. The van der Waals surface area contributed by atoms with Crippen LogP contribution in [0.25, 0.3) is 0 Å². The maximum atomic E-state index is 8.29. The van der Waals surface area contributed by atoms with Gasteiger partial charge in [-0.15, -0.1) is 0 Å². The van der Waals surface area contributed by atoms with Crippen molar-refractivity contribution >= 4 is 16.8 Å². The van der Waals surface area contributed by atoms with Crippen molar-refractivity contribution in [2.24, 2.45) is 5.16 Å². The average molecular weight is 180 g/mol. The highest BCUT2D eigenvalue weighted by Crippen LogP contribution is 2.23. The molecule has 0 aromatic carbocycles. The van der Waals surface area contributed by atoms with E-state index in [9.17, 15) is 0 Å². The Hall–Kier alpha value is -0.320. The second-order valence-corrected chi connectivity index (χ2v) is 3.13. The molecule has 5 heteroatoms. The summed E-state index contributed by atoms with van der Waals surface area (Å²) < 4.78 is 10.4. The first kappa shape index (κ1) is 8.77. The third-order valence-electron chi connectivity index (χ3n) is 1.37. The van der Waals surface area contributed by atoms with Gasteiger partial charge in [-0.1, -0.05) is 16.8 Å². The van der Waals surface area contributed by atoms with Crippen LogP contribution in [0.2, 0.25) is 0 Å². The lowest BCUT2D eigenvalue weighted by atomic mass is 10.4. The van der Waals surface area contributed by atoms with E-state index >= 15 is 0 Å². The molecule has 0 aromatic rings. The first-order valence-electron chi connectivity index (χ1n) is 3.24. The fraction of sp³-hybridized carbons (Fsp3) is 0.833. The van der Waals surface area contributed by atoms with Gasteiger partial charge in [-0.2, -0.15) is 0 Å². The molecule has 1 unspecified atom stereocenters. The molecule has 1 saturated heterocycles. The SMILES string of the molecule is CC1(C)OCC(/C(Cl)=N/O)O1. The fourth-order valence-corrected chi connectivity index (χ4v) is 0.976. The third kappa shape index (κ3) is 2.05. The van der Waals surface area contributed by atoms with Gasteiger partial charge in [-0.3, -0.25) is 0 Å².